The Bertz CT molecular complexity index is 1860. The van der Waals surface area contributed by atoms with Gasteiger partial charge in [-0.25, -0.2) is 0 Å². The van der Waals surface area contributed by atoms with E-state index in [1.807, 2.05) is 41.5 Å². The first-order valence-corrected chi connectivity index (χ1v) is 20.8. The molecule has 55 heavy (non-hydrogen) atoms. The molecular weight excluding hydrogens is 659 g/mol. The van der Waals surface area contributed by atoms with Gasteiger partial charge in [-0.2, -0.15) is 0 Å². The van der Waals surface area contributed by atoms with Crippen LogP contribution in [0.3, 0.4) is 0 Å². The van der Waals surface area contributed by atoms with Crippen molar-refractivity contribution in [2.75, 3.05) is 0 Å². The largest absolute Gasteiger partial charge is 0.243 e. The van der Waals surface area contributed by atoms with Gasteiger partial charge in [0.05, 0.1) is 0 Å². The summed E-state index contributed by atoms with van der Waals surface area (Å²) in [4.78, 5) is 0. The summed E-state index contributed by atoms with van der Waals surface area (Å²) in [6.07, 6.45) is 0. The lowest BCUT2D eigenvalue weighted by atomic mass is 9.32. The molecule has 0 saturated heterocycles. The van der Waals surface area contributed by atoms with Gasteiger partial charge >= 0.3 is 0 Å². The number of benzene rings is 6. The van der Waals surface area contributed by atoms with Crippen LogP contribution in [0.4, 0.5) is 0 Å². The summed E-state index contributed by atoms with van der Waals surface area (Å²) in [6.45, 7) is 40.4. The Morgan fingerprint density at radius 2 is 0.400 bits per heavy atom. The number of rotatable bonds is 6. The predicted octanol–water partition coefficient (Wildman–Crippen LogP) is 14.0. The van der Waals surface area contributed by atoms with Gasteiger partial charge in [-0.15, -0.1) is 0 Å². The molecule has 0 bridgehead atoms. The van der Waals surface area contributed by atoms with Crippen molar-refractivity contribution in [2.24, 2.45) is 0 Å². The Kier molecular flexibility index (Phi) is 16.1. The van der Waals surface area contributed by atoms with Crippen molar-refractivity contribution in [1.29, 1.82) is 0 Å². The summed E-state index contributed by atoms with van der Waals surface area (Å²) in [5.74, 6) is 0. The van der Waals surface area contributed by atoms with Crippen molar-refractivity contribution in [1.82, 2.24) is 0 Å². The Morgan fingerprint density at radius 1 is 0.236 bits per heavy atom. The Labute approximate surface area is 337 Å². The van der Waals surface area contributed by atoms with Crippen LogP contribution in [0, 0.1) is 83.1 Å². The fourth-order valence-corrected chi connectivity index (χ4v) is 8.87. The third-order valence-corrected chi connectivity index (χ3v) is 12.1. The molecule has 0 amide bonds. The maximum Gasteiger partial charge on any atom is 0.243 e. The maximum atomic E-state index is 2.38. The molecule has 6 aromatic carbocycles. The maximum absolute atomic E-state index is 2.38. The lowest BCUT2D eigenvalue weighted by Gasteiger charge is -2.33. The van der Waals surface area contributed by atoms with Crippen LogP contribution in [0.1, 0.15) is 108 Å². The van der Waals surface area contributed by atoms with Gasteiger partial charge in [0, 0.05) is 0 Å². The highest BCUT2D eigenvalue weighted by atomic mass is 14.3. The molecule has 0 N–H and O–H groups in total. The van der Waals surface area contributed by atoms with Crippen LogP contribution in [-0.2, 0) is 0 Å². The molecule has 1 heteroatoms. The molecule has 0 aliphatic rings. The Hall–Kier alpha value is -4.62. The van der Waals surface area contributed by atoms with Crippen LogP contribution < -0.4 is 16.4 Å². The minimum Gasteiger partial charge on any atom is -0.0683 e. The molecule has 6 rings (SSSR count). The molecule has 0 aromatic heterocycles. The quantitative estimate of drug-likeness (QED) is 0.150. The Morgan fingerprint density at radius 3 is 0.564 bits per heavy atom. The zero-order valence-corrected chi connectivity index (χ0v) is 37.7. The fraction of sp³-hybridized carbons (Fsp3) is 0.333. The SMILES string of the molecule is CC.CC.CC.Cc1c(C)c(-c2ccccc2)c(C)c(C)c1B(c1c(C)c(C)c(-c2ccccc2)c(C)c1C)c1c(C)c(C)c(-c2ccccc2)c(C)c1C. The summed E-state index contributed by atoms with van der Waals surface area (Å²) in [5, 5.41) is 0. The minimum atomic E-state index is 0.0895. The van der Waals surface area contributed by atoms with Crippen LogP contribution >= 0.6 is 0 Å². The molecule has 0 atom stereocenters. The highest BCUT2D eigenvalue weighted by Crippen LogP contribution is 2.36. The van der Waals surface area contributed by atoms with E-state index < -0.39 is 0 Å². The van der Waals surface area contributed by atoms with E-state index in [1.165, 1.54) is 117 Å². The van der Waals surface area contributed by atoms with E-state index in [4.69, 9.17) is 0 Å². The highest BCUT2D eigenvalue weighted by Gasteiger charge is 2.35. The van der Waals surface area contributed by atoms with E-state index in [2.05, 4.69) is 174 Å². The average molecular weight is 729 g/mol. The van der Waals surface area contributed by atoms with Gasteiger partial charge in [-0.05, 0) is 150 Å². The van der Waals surface area contributed by atoms with E-state index in [1.54, 1.807) is 0 Å². The molecule has 288 valence electrons. The molecule has 0 heterocycles. The van der Waals surface area contributed by atoms with Gasteiger partial charge in [0.1, 0.15) is 0 Å². The van der Waals surface area contributed by atoms with Crippen LogP contribution in [0.15, 0.2) is 91.0 Å². The molecule has 0 aliphatic heterocycles. The summed E-state index contributed by atoms with van der Waals surface area (Å²) in [7, 11) is 0. The van der Waals surface area contributed by atoms with Gasteiger partial charge in [0.15, 0.2) is 0 Å². The van der Waals surface area contributed by atoms with Crippen LogP contribution in [0.2, 0.25) is 0 Å². The third kappa shape index (κ3) is 8.33. The Balaban J connectivity index is 0.00000129. The summed E-state index contributed by atoms with van der Waals surface area (Å²) in [5.41, 5.74) is 29.1. The lowest BCUT2D eigenvalue weighted by molar-refractivity contribution is 1.25. The lowest BCUT2D eigenvalue weighted by Crippen LogP contribution is -2.58. The number of hydrogen-bond donors (Lipinski definition) is 0. The summed E-state index contributed by atoms with van der Waals surface area (Å²) < 4.78 is 0. The zero-order chi connectivity index (χ0) is 41.3. The minimum absolute atomic E-state index is 0.0895. The van der Waals surface area contributed by atoms with Crippen molar-refractivity contribution in [3.05, 3.63) is 158 Å². The molecule has 0 saturated carbocycles. The van der Waals surface area contributed by atoms with Gasteiger partial charge in [0.2, 0.25) is 6.71 Å². The second kappa shape index (κ2) is 19.8. The third-order valence-electron chi connectivity index (χ3n) is 12.1. The molecule has 6 aromatic rings. The number of hydrogen-bond acceptors (Lipinski definition) is 0. The molecule has 0 radical (unpaired) electrons. The van der Waals surface area contributed by atoms with Crippen LogP contribution in [0.25, 0.3) is 33.4 Å². The van der Waals surface area contributed by atoms with Crippen molar-refractivity contribution >= 4 is 23.1 Å². The smallest absolute Gasteiger partial charge is 0.0683 e. The van der Waals surface area contributed by atoms with Crippen molar-refractivity contribution in [3.63, 3.8) is 0 Å². The second-order valence-electron chi connectivity index (χ2n) is 14.4. The van der Waals surface area contributed by atoms with Gasteiger partial charge < -0.3 is 0 Å². The van der Waals surface area contributed by atoms with Gasteiger partial charge in [-0.1, -0.05) is 182 Å². The molecule has 0 fully saturated rings. The monoisotopic (exact) mass is 729 g/mol. The van der Waals surface area contributed by atoms with Crippen LogP contribution in [-0.4, -0.2) is 6.71 Å². The van der Waals surface area contributed by atoms with Gasteiger partial charge in [0.25, 0.3) is 0 Å². The average Bonchev–Trinajstić information content (AvgIpc) is 3.22. The first kappa shape index (κ1) is 44.8. The van der Waals surface area contributed by atoms with Crippen molar-refractivity contribution < 1.29 is 0 Å². The summed E-state index contributed by atoms with van der Waals surface area (Å²) >= 11 is 0. The molecule has 0 unspecified atom stereocenters. The predicted molar refractivity (Wildman–Crippen MR) is 251 cm³/mol. The molecule has 0 aliphatic carbocycles. The highest BCUT2D eigenvalue weighted by molar-refractivity contribution is 6.97. The normalized spacial score (nSPS) is 10.4. The fourth-order valence-electron chi connectivity index (χ4n) is 8.87. The second-order valence-corrected chi connectivity index (χ2v) is 14.4. The topological polar surface area (TPSA) is 0 Å². The van der Waals surface area contributed by atoms with Crippen molar-refractivity contribution in [3.8, 4) is 33.4 Å². The van der Waals surface area contributed by atoms with E-state index in [9.17, 15) is 0 Å². The molecule has 0 spiro atoms. The first-order valence-electron chi connectivity index (χ1n) is 20.8. The molecular formula is C54H69B. The van der Waals surface area contributed by atoms with E-state index in [-0.39, 0.29) is 6.71 Å². The van der Waals surface area contributed by atoms with Crippen LogP contribution in [0.5, 0.6) is 0 Å². The summed E-state index contributed by atoms with van der Waals surface area (Å²) in [6, 6.07) is 32.9. The van der Waals surface area contributed by atoms with Crippen molar-refractivity contribution in [2.45, 2.75) is 125 Å². The molecule has 0 nitrogen and oxygen atoms in total. The zero-order valence-electron chi connectivity index (χ0n) is 37.7. The first-order chi connectivity index (χ1) is 26.4. The standard InChI is InChI=1S/C48H51B.3C2H6/c1-28-34(7)46(35(8)29(2)43(28)40-22-16-13-17-23-40)49(47-36(9)30(3)44(31(4)37(47)10)41-24-18-14-19-25-41)48-38(11)32(5)45(33(6)39(48)12)42-26-20-15-21-27-42;3*1-2/h13-27H,1-12H3;3*1-2H3. The van der Waals surface area contributed by atoms with E-state index in [0.717, 1.165) is 0 Å². The van der Waals surface area contributed by atoms with E-state index >= 15 is 0 Å². The van der Waals surface area contributed by atoms with Gasteiger partial charge in [-0.3, -0.25) is 0 Å². The van der Waals surface area contributed by atoms with E-state index in [0.29, 0.717) is 0 Å².